The zero-order chi connectivity index (χ0) is 54.4. The molecule has 0 aliphatic carbocycles. The number of carboxylic acid groups (broad SMARTS) is 1. The van der Waals surface area contributed by atoms with Crippen LogP contribution in [-0.4, -0.2) is 129 Å². The summed E-state index contributed by atoms with van der Waals surface area (Å²) in [7, 11) is 0. The predicted octanol–water partition coefficient (Wildman–Crippen LogP) is 9.27. The largest absolute Gasteiger partial charge is 0.464 e. The summed E-state index contributed by atoms with van der Waals surface area (Å²) in [5.41, 5.74) is 2.64. The molecule has 5 aromatic heterocycles. The summed E-state index contributed by atoms with van der Waals surface area (Å²) < 4.78 is 30.2. The van der Waals surface area contributed by atoms with Gasteiger partial charge in [-0.05, 0) is 63.0 Å². The molecule has 0 saturated carbocycles. The van der Waals surface area contributed by atoms with Crippen LogP contribution in [0.4, 0.5) is 28.8 Å². The fourth-order valence-corrected chi connectivity index (χ4v) is 5.06. The molecule has 22 nitrogen and oxygen atoms in total. The Morgan fingerprint density at radius 3 is 1.65 bits per heavy atom. The van der Waals surface area contributed by atoms with Gasteiger partial charge in [-0.2, -0.15) is 9.78 Å². The number of aromatic nitrogens is 9. The van der Waals surface area contributed by atoms with Crippen molar-refractivity contribution in [1.29, 1.82) is 0 Å². The van der Waals surface area contributed by atoms with Crippen molar-refractivity contribution < 1.29 is 57.6 Å². The molecule has 7 rings (SSSR count). The number of imidazole rings is 3. The van der Waals surface area contributed by atoms with Gasteiger partial charge in [0.15, 0.2) is 5.82 Å². The maximum absolute atomic E-state index is 11.4. The molecule has 388 valence electrons. The molecule has 0 radical (unpaired) electrons. The molecule has 6 aromatic rings. The fourth-order valence-electron chi connectivity index (χ4n) is 5.06. The number of carbonyl (C=O) groups excluding carboxylic acids is 5. The molecule has 0 fully saturated rings. The molecule has 74 heavy (non-hydrogen) atoms. The average molecular weight is 1020 g/mol. The van der Waals surface area contributed by atoms with Gasteiger partial charge in [0.25, 0.3) is 0 Å². The monoisotopic (exact) mass is 1010 g/mol. The lowest BCUT2D eigenvalue weighted by Crippen LogP contribution is -2.24. The van der Waals surface area contributed by atoms with Gasteiger partial charge in [-0.25, -0.2) is 57.4 Å². The van der Waals surface area contributed by atoms with E-state index in [-0.39, 0.29) is 51.0 Å². The van der Waals surface area contributed by atoms with Crippen molar-refractivity contribution in [3.05, 3.63) is 203 Å². The summed E-state index contributed by atoms with van der Waals surface area (Å²) >= 11 is 0. The maximum Gasteiger partial charge on any atom is 0.435 e. The van der Waals surface area contributed by atoms with Crippen LogP contribution in [0.3, 0.4) is 0 Å². The second-order valence-electron chi connectivity index (χ2n) is 13.9. The van der Waals surface area contributed by atoms with Crippen molar-refractivity contribution in [2.45, 2.75) is 27.2 Å². The number of hydrogen-bond acceptors (Lipinski definition) is 15. The molecule has 0 spiro atoms. The molecule has 0 unspecified atom stereocenters. The Hall–Kier alpha value is -10.0. The van der Waals surface area contributed by atoms with Crippen LogP contribution in [0.25, 0.3) is 6.08 Å². The molecule has 6 heterocycles. The van der Waals surface area contributed by atoms with Crippen molar-refractivity contribution in [3.8, 4) is 11.8 Å². The summed E-state index contributed by atoms with van der Waals surface area (Å²) in [5, 5.41) is 12.5. The normalized spacial score (nSPS) is 10.3. The Kier molecular flexibility index (Phi) is 29.2. The van der Waals surface area contributed by atoms with E-state index in [1.165, 1.54) is 80.3 Å². The highest BCUT2D eigenvalue weighted by atomic mass is 16.6. The number of rotatable bonds is 11. The van der Waals surface area contributed by atoms with Gasteiger partial charge in [0.1, 0.15) is 45.7 Å². The Labute approximate surface area is 428 Å². The van der Waals surface area contributed by atoms with E-state index in [2.05, 4.69) is 58.2 Å². The van der Waals surface area contributed by atoms with Crippen LogP contribution < -0.4 is 0 Å². The number of hydrogen-bond donors (Lipinski definition) is 1. The lowest BCUT2D eigenvalue weighted by atomic mass is 10.2. The van der Waals surface area contributed by atoms with Crippen LogP contribution in [0, 0.1) is 25.7 Å². The lowest BCUT2D eigenvalue weighted by Gasteiger charge is -2.11. The Balaban J connectivity index is 0.000000307. The fraction of sp³-hybridized carbons (Fsp3) is 0.192. The van der Waals surface area contributed by atoms with E-state index in [0.717, 1.165) is 34.5 Å². The molecule has 1 N–H and O–H groups in total. The standard InChI is InChI=1S/C13H12N2O2.C9H12N2O2.C8H11NO2.C8H9NO2.C7H8N2O2.C7H6N2O2/c16-13(15-9-8-14-11-15)17-10-4-7-12-5-2-1-3-6-12;1-4-5-13-9(12)11-8(3)6-7(2)10-11;2*1-2-7-11-8(10)9-5-3-4-6-9;1-2-5-11-7(10)9-4-3-8-6-9;1-2-3-6-8-4-5-9(6)7(10)11/h1-9,11H,10H2;4,6H,1,5H2,2-3H3;2-3,5H,1,4,6-7H2;2-6H,1,7H2;2-4,6H,1,5H2;4-5H,1H3,(H,10,11). The molecule has 22 heteroatoms. The number of ether oxygens (including phenoxy) is 5. The molecule has 0 saturated heterocycles. The first-order valence-corrected chi connectivity index (χ1v) is 22.0. The Morgan fingerprint density at radius 1 is 0.662 bits per heavy atom. The first kappa shape index (κ1) is 60.1. The van der Waals surface area contributed by atoms with Crippen molar-refractivity contribution in [2.75, 3.05) is 39.6 Å². The number of amides is 1. The number of aryl methyl sites for hydroxylation is 2. The summed E-state index contributed by atoms with van der Waals surface area (Å²) in [6.45, 7) is 20.9. The first-order valence-electron chi connectivity index (χ1n) is 22.0. The minimum Gasteiger partial charge on any atom is -0.464 e. The molecule has 0 bridgehead atoms. The number of carbonyl (C=O) groups is 6. The highest BCUT2D eigenvalue weighted by molar-refractivity contribution is 5.72. The molecule has 0 atom stereocenters. The lowest BCUT2D eigenvalue weighted by molar-refractivity contribution is 0.130. The number of nitrogens with zero attached hydrogens (tertiary/aromatic N) is 10. The highest BCUT2D eigenvalue weighted by Gasteiger charge is 2.14. The SMILES string of the molecule is C=CCOC(=O)N1C=CCC1.C=CCOC(=O)n1cccc1.C=CCOC(=O)n1ccnc1.C=CCOC(=O)n1nc(C)cc1C.CC#Cc1nccn1C(=O)O.O=C(OCC=Cc1ccccc1)n1ccnc1. The van der Waals surface area contributed by atoms with Crippen LogP contribution in [0.1, 0.15) is 36.1 Å². The van der Waals surface area contributed by atoms with Gasteiger partial charge in [0.2, 0.25) is 0 Å². The third kappa shape index (κ3) is 24.0. The van der Waals surface area contributed by atoms with Gasteiger partial charge in [-0.3, -0.25) is 9.47 Å². The van der Waals surface area contributed by atoms with Crippen LogP contribution in [0.15, 0.2) is 180 Å². The second kappa shape index (κ2) is 36.0. The summed E-state index contributed by atoms with van der Waals surface area (Å²) in [4.78, 5) is 78.7. The minimum absolute atomic E-state index is 0.206. The van der Waals surface area contributed by atoms with E-state index >= 15 is 0 Å². The number of benzene rings is 1. The Morgan fingerprint density at radius 2 is 1.19 bits per heavy atom. The molecule has 1 aliphatic rings. The highest BCUT2D eigenvalue weighted by Crippen LogP contribution is 2.06. The quantitative estimate of drug-likeness (QED) is 0.0721. The van der Waals surface area contributed by atoms with E-state index in [0.29, 0.717) is 0 Å². The van der Waals surface area contributed by atoms with E-state index < -0.39 is 24.4 Å². The Bertz CT molecular complexity index is 2730. The predicted molar refractivity (Wildman–Crippen MR) is 274 cm³/mol. The van der Waals surface area contributed by atoms with Crippen LogP contribution >= 0.6 is 0 Å². The smallest absolute Gasteiger partial charge is 0.435 e. The third-order valence-electron chi connectivity index (χ3n) is 8.28. The van der Waals surface area contributed by atoms with Gasteiger partial charge in [0.05, 0.1) is 5.69 Å². The van der Waals surface area contributed by atoms with Gasteiger partial charge < -0.3 is 28.8 Å². The van der Waals surface area contributed by atoms with Gasteiger partial charge in [-0.1, -0.05) is 99.0 Å². The molecular weight excluding hydrogens is 957 g/mol. The van der Waals surface area contributed by atoms with E-state index in [9.17, 15) is 28.8 Å². The van der Waals surface area contributed by atoms with Gasteiger partial charge in [-0.15, -0.1) is 0 Å². The van der Waals surface area contributed by atoms with E-state index in [1.54, 1.807) is 67.8 Å². The zero-order valence-electron chi connectivity index (χ0n) is 41.2. The van der Waals surface area contributed by atoms with Crippen LogP contribution in [0.5, 0.6) is 0 Å². The van der Waals surface area contributed by atoms with E-state index in [1.807, 2.05) is 55.5 Å². The summed E-state index contributed by atoms with van der Waals surface area (Å²) in [6, 6.07) is 15.2. The third-order valence-corrected chi connectivity index (χ3v) is 8.28. The van der Waals surface area contributed by atoms with Crippen molar-refractivity contribution in [3.63, 3.8) is 0 Å². The molecular formula is C52H58N10O12. The van der Waals surface area contributed by atoms with Gasteiger partial charge >= 0.3 is 36.6 Å². The van der Waals surface area contributed by atoms with Crippen molar-refractivity contribution in [1.82, 2.24) is 47.9 Å². The van der Waals surface area contributed by atoms with Crippen molar-refractivity contribution in [2.24, 2.45) is 0 Å². The van der Waals surface area contributed by atoms with Crippen LogP contribution in [-0.2, 0) is 23.7 Å². The molecule has 1 aliphatic heterocycles. The summed E-state index contributed by atoms with van der Waals surface area (Å²) in [6.07, 6.45) is 26.2. The summed E-state index contributed by atoms with van der Waals surface area (Å²) in [5.74, 6) is 5.38. The van der Waals surface area contributed by atoms with Crippen molar-refractivity contribution >= 4 is 42.6 Å². The minimum atomic E-state index is -1.07. The molecule has 1 amide bonds. The zero-order valence-corrected chi connectivity index (χ0v) is 41.2. The topological polar surface area (TPSA) is 248 Å². The van der Waals surface area contributed by atoms with E-state index in [4.69, 9.17) is 28.8 Å². The van der Waals surface area contributed by atoms with Crippen LogP contribution in [0.2, 0.25) is 0 Å². The first-order chi connectivity index (χ1) is 35.8. The second-order valence-corrected chi connectivity index (χ2v) is 13.9. The maximum atomic E-state index is 11.4. The molecule has 1 aromatic carbocycles. The van der Waals surface area contributed by atoms with Gasteiger partial charge in [0, 0.05) is 68.0 Å². The average Bonchev–Trinajstić information content (AvgIpc) is 4.27.